The van der Waals surface area contributed by atoms with Gasteiger partial charge in [-0.15, -0.1) is 0 Å². The lowest BCUT2D eigenvalue weighted by atomic mass is 10.00. The maximum atomic E-state index is 13.3. The Morgan fingerprint density at radius 3 is 2.50 bits per heavy atom. The number of ether oxygens (including phenoxy) is 1. The highest BCUT2D eigenvalue weighted by Gasteiger charge is 2.41. The third kappa shape index (κ3) is 4.81. The number of fused-ring (bicyclic) bond motifs is 1. The number of amides is 1. The van der Waals surface area contributed by atoms with Crippen molar-refractivity contribution in [1.29, 1.82) is 0 Å². The molecule has 1 heterocycles. The third-order valence-electron chi connectivity index (χ3n) is 4.32. The van der Waals surface area contributed by atoms with Gasteiger partial charge in [0.25, 0.3) is 12.1 Å². The Bertz CT molecular complexity index is 977. The molecule has 2 aromatic carbocycles. The van der Waals surface area contributed by atoms with E-state index in [0.717, 1.165) is 0 Å². The molecule has 0 spiro atoms. The summed E-state index contributed by atoms with van der Waals surface area (Å²) in [5.74, 6) is -1.82. The first-order valence-electron chi connectivity index (χ1n) is 9.21. The number of anilines is 1. The highest BCUT2D eigenvalue weighted by atomic mass is 35.5. The molecule has 1 amide bonds. The van der Waals surface area contributed by atoms with Crippen LogP contribution < -0.4 is 4.90 Å². The van der Waals surface area contributed by atoms with Crippen molar-refractivity contribution in [3.8, 4) is 0 Å². The second-order valence-corrected chi connectivity index (χ2v) is 7.02. The van der Waals surface area contributed by atoms with Crippen LogP contribution in [0.25, 0.3) is 0 Å². The van der Waals surface area contributed by atoms with Crippen LogP contribution in [-0.2, 0) is 14.3 Å². The molecule has 0 N–H and O–H groups in total. The molecule has 0 saturated carbocycles. The van der Waals surface area contributed by atoms with E-state index in [1.807, 2.05) is 0 Å². The molecule has 30 heavy (non-hydrogen) atoms. The first kappa shape index (κ1) is 21.8. The molecule has 0 aromatic heterocycles. The Balaban J connectivity index is 2.21. The van der Waals surface area contributed by atoms with Crippen molar-refractivity contribution in [3.63, 3.8) is 0 Å². The summed E-state index contributed by atoms with van der Waals surface area (Å²) in [6.07, 6.45) is -5.99. The number of alkyl halides is 3. The molecule has 1 aliphatic rings. The lowest BCUT2D eigenvalue weighted by Crippen LogP contribution is -2.45. The van der Waals surface area contributed by atoms with Crippen LogP contribution in [0, 0.1) is 0 Å². The average Bonchev–Trinajstić information content (AvgIpc) is 2.79. The van der Waals surface area contributed by atoms with Crippen molar-refractivity contribution >= 4 is 34.9 Å². The molecule has 0 aliphatic carbocycles. The van der Waals surface area contributed by atoms with Crippen LogP contribution >= 0.6 is 11.6 Å². The van der Waals surface area contributed by atoms with E-state index >= 15 is 0 Å². The summed E-state index contributed by atoms with van der Waals surface area (Å²) in [6.45, 7) is 0.166. The minimum Gasteiger partial charge on any atom is -0.430 e. The molecule has 158 valence electrons. The lowest BCUT2D eigenvalue weighted by Gasteiger charge is -2.26. The summed E-state index contributed by atoms with van der Waals surface area (Å²) in [7, 11) is 0. The minimum absolute atomic E-state index is 0.00689. The predicted octanol–water partition coefficient (Wildman–Crippen LogP) is 4.76. The smallest absolute Gasteiger partial charge is 0.406 e. The Morgan fingerprint density at radius 1 is 1.17 bits per heavy atom. The fourth-order valence-corrected chi connectivity index (χ4v) is 3.34. The molecule has 5 nitrogen and oxygen atoms in total. The molecular formula is C21H18ClF3N2O3. The summed E-state index contributed by atoms with van der Waals surface area (Å²) in [5.41, 5.74) is 0.798. The zero-order valence-corrected chi connectivity index (χ0v) is 16.7. The Kier molecular flexibility index (Phi) is 6.45. The van der Waals surface area contributed by atoms with Gasteiger partial charge in [-0.05, 0) is 18.6 Å². The van der Waals surface area contributed by atoms with Gasteiger partial charge in [0.15, 0.2) is 0 Å². The van der Waals surface area contributed by atoms with E-state index in [2.05, 4.69) is 4.99 Å². The molecule has 2 aromatic rings. The minimum atomic E-state index is -4.69. The van der Waals surface area contributed by atoms with Crippen molar-refractivity contribution in [2.45, 2.75) is 32.2 Å². The fraction of sp³-hybridized carbons (Fsp3) is 0.286. The van der Waals surface area contributed by atoms with Gasteiger partial charge in [0, 0.05) is 17.5 Å². The number of nitrogens with zero attached hydrogens (tertiary/aromatic N) is 2. The van der Waals surface area contributed by atoms with E-state index in [1.54, 1.807) is 37.3 Å². The fourth-order valence-electron chi connectivity index (χ4n) is 3.08. The number of carbonyl (C=O) groups excluding carboxylic acids is 2. The maximum Gasteiger partial charge on any atom is 0.406 e. The van der Waals surface area contributed by atoms with Crippen molar-refractivity contribution in [2.24, 2.45) is 4.99 Å². The number of aliphatic imine (C=N–C) groups is 1. The van der Waals surface area contributed by atoms with Crippen LogP contribution in [0.4, 0.5) is 18.9 Å². The molecule has 1 aliphatic heterocycles. The molecule has 9 heteroatoms. The van der Waals surface area contributed by atoms with Gasteiger partial charge in [-0.1, -0.05) is 54.9 Å². The van der Waals surface area contributed by atoms with Gasteiger partial charge in [-0.2, -0.15) is 13.2 Å². The normalized spacial score (nSPS) is 16.6. The number of benzene rings is 2. The van der Waals surface area contributed by atoms with Gasteiger partial charge in [0.2, 0.25) is 0 Å². The van der Waals surface area contributed by atoms with Crippen LogP contribution in [0.5, 0.6) is 0 Å². The second kappa shape index (κ2) is 8.87. The number of benzodiazepines with no additional fused rings is 1. The van der Waals surface area contributed by atoms with E-state index in [9.17, 15) is 22.8 Å². The lowest BCUT2D eigenvalue weighted by molar-refractivity contribution is -0.156. The standard InChI is InChI=1S/C21H18ClF3N2O3/c1-2-7-16(28)30-19-20(29)27(12-21(23,24)25)15-11-6-10-14(22)17(15)18(26-19)13-8-4-3-5-9-13/h3-6,8-11,19H,2,7,12H2,1H3. The van der Waals surface area contributed by atoms with Gasteiger partial charge in [-0.25, -0.2) is 4.99 Å². The summed E-state index contributed by atoms with van der Waals surface area (Å²) in [6, 6.07) is 12.9. The quantitative estimate of drug-likeness (QED) is 0.633. The maximum absolute atomic E-state index is 13.3. The van der Waals surface area contributed by atoms with Gasteiger partial charge in [0.05, 0.1) is 16.4 Å². The summed E-state index contributed by atoms with van der Waals surface area (Å²) >= 11 is 6.34. The highest BCUT2D eigenvalue weighted by molar-refractivity contribution is 6.37. The van der Waals surface area contributed by atoms with Crippen LogP contribution in [0.1, 0.15) is 30.9 Å². The molecule has 1 unspecified atom stereocenters. The molecule has 0 fully saturated rings. The van der Waals surface area contributed by atoms with Gasteiger partial charge in [-0.3, -0.25) is 14.5 Å². The molecule has 3 rings (SSSR count). The van der Waals surface area contributed by atoms with Crippen molar-refractivity contribution in [3.05, 3.63) is 64.7 Å². The van der Waals surface area contributed by atoms with E-state index < -0.39 is 30.8 Å². The predicted molar refractivity (Wildman–Crippen MR) is 107 cm³/mol. The van der Waals surface area contributed by atoms with Crippen LogP contribution in [0.2, 0.25) is 5.02 Å². The highest BCUT2D eigenvalue weighted by Crippen LogP contribution is 2.35. The molecular weight excluding hydrogens is 421 g/mol. The van der Waals surface area contributed by atoms with Crippen molar-refractivity contribution < 1.29 is 27.5 Å². The SMILES string of the molecule is CCCC(=O)OC1N=C(c2ccccc2)c2c(Cl)cccc2N(CC(F)(F)F)C1=O. The zero-order chi connectivity index (χ0) is 21.9. The van der Waals surface area contributed by atoms with E-state index in [1.165, 1.54) is 18.2 Å². The number of carbonyl (C=O) groups is 2. The van der Waals surface area contributed by atoms with Gasteiger partial charge < -0.3 is 4.74 Å². The van der Waals surface area contributed by atoms with E-state index in [0.29, 0.717) is 16.9 Å². The van der Waals surface area contributed by atoms with Gasteiger partial charge >= 0.3 is 12.1 Å². The molecule has 0 bridgehead atoms. The van der Waals surface area contributed by atoms with Crippen molar-refractivity contribution in [2.75, 3.05) is 11.4 Å². The number of halogens is 4. The largest absolute Gasteiger partial charge is 0.430 e. The molecule has 1 atom stereocenters. The summed E-state index contributed by atoms with van der Waals surface area (Å²) < 4.78 is 45.1. The van der Waals surface area contributed by atoms with E-state index in [-0.39, 0.29) is 28.4 Å². The Morgan fingerprint density at radius 2 is 1.87 bits per heavy atom. The second-order valence-electron chi connectivity index (χ2n) is 6.61. The monoisotopic (exact) mass is 438 g/mol. The molecule has 0 radical (unpaired) electrons. The first-order valence-corrected chi connectivity index (χ1v) is 9.58. The number of hydrogen-bond donors (Lipinski definition) is 0. The van der Waals surface area contributed by atoms with Crippen LogP contribution in [0.3, 0.4) is 0 Å². The van der Waals surface area contributed by atoms with E-state index in [4.69, 9.17) is 16.3 Å². The number of esters is 1. The van der Waals surface area contributed by atoms with Gasteiger partial charge in [0.1, 0.15) is 6.54 Å². The number of hydrogen-bond acceptors (Lipinski definition) is 4. The van der Waals surface area contributed by atoms with Crippen LogP contribution in [-0.4, -0.2) is 36.5 Å². The zero-order valence-electron chi connectivity index (χ0n) is 15.9. The summed E-state index contributed by atoms with van der Waals surface area (Å²) in [5, 5.41) is 0.121. The topological polar surface area (TPSA) is 59.0 Å². The Labute approximate surface area is 176 Å². The number of rotatable bonds is 5. The first-order chi connectivity index (χ1) is 14.2. The Hall–Kier alpha value is -2.87. The van der Waals surface area contributed by atoms with Crippen LogP contribution in [0.15, 0.2) is 53.5 Å². The third-order valence-corrected chi connectivity index (χ3v) is 4.64. The summed E-state index contributed by atoms with van der Waals surface area (Å²) in [4.78, 5) is 29.8. The van der Waals surface area contributed by atoms with Crippen molar-refractivity contribution in [1.82, 2.24) is 0 Å². The molecule has 0 saturated heterocycles. The average molecular weight is 439 g/mol.